The molecule has 0 aromatic rings. The maximum Gasteiger partial charge on any atom is 0.0930 e. The smallest absolute Gasteiger partial charge is 0.0930 e. The molecular weight excluding hydrogens is 112 g/mol. The summed E-state index contributed by atoms with van der Waals surface area (Å²) >= 11 is 0. The minimum Gasteiger partial charge on any atom is -0.512 e. The van der Waals surface area contributed by atoms with Gasteiger partial charge in [0.1, 0.15) is 0 Å². The van der Waals surface area contributed by atoms with Gasteiger partial charge in [-0.05, 0) is 11.5 Å². The van der Waals surface area contributed by atoms with Crippen molar-refractivity contribution in [2.75, 3.05) is 0 Å². The molecule has 0 atom stereocenters. The standard InChI is InChI=1S/C8H12O/c1-8(2)5-3-4-7(9)6-8/h3-5,9H,6H2,1-2H3. The molecule has 0 aromatic carbocycles. The lowest BCUT2D eigenvalue weighted by Gasteiger charge is -2.21. The van der Waals surface area contributed by atoms with E-state index in [1.807, 2.05) is 6.08 Å². The molecule has 0 aromatic heterocycles. The first-order valence-electron chi connectivity index (χ1n) is 3.17. The van der Waals surface area contributed by atoms with E-state index in [1.165, 1.54) is 0 Å². The molecule has 0 amide bonds. The van der Waals surface area contributed by atoms with Crippen molar-refractivity contribution in [1.82, 2.24) is 0 Å². The lowest BCUT2D eigenvalue weighted by molar-refractivity contribution is 0.324. The molecule has 0 unspecified atom stereocenters. The topological polar surface area (TPSA) is 20.2 Å². The zero-order valence-corrected chi connectivity index (χ0v) is 5.89. The fourth-order valence-electron chi connectivity index (χ4n) is 1.00. The first-order valence-corrected chi connectivity index (χ1v) is 3.17. The van der Waals surface area contributed by atoms with Gasteiger partial charge in [-0.25, -0.2) is 0 Å². The van der Waals surface area contributed by atoms with Crippen LogP contribution in [0.5, 0.6) is 0 Å². The van der Waals surface area contributed by atoms with Gasteiger partial charge in [-0.1, -0.05) is 26.0 Å². The van der Waals surface area contributed by atoms with E-state index in [9.17, 15) is 0 Å². The molecule has 1 aliphatic rings. The number of aliphatic hydroxyl groups excluding tert-OH is 1. The zero-order valence-electron chi connectivity index (χ0n) is 5.89. The third kappa shape index (κ3) is 1.60. The van der Waals surface area contributed by atoms with Gasteiger partial charge in [-0.15, -0.1) is 0 Å². The molecule has 0 aliphatic heterocycles. The Morgan fingerprint density at radius 2 is 2.22 bits per heavy atom. The molecular formula is C8H12O. The lowest BCUT2D eigenvalue weighted by Crippen LogP contribution is -2.10. The molecule has 0 spiro atoms. The summed E-state index contributed by atoms with van der Waals surface area (Å²) < 4.78 is 0. The molecule has 1 nitrogen and oxygen atoms in total. The van der Waals surface area contributed by atoms with E-state index < -0.39 is 0 Å². The third-order valence-electron chi connectivity index (χ3n) is 1.47. The van der Waals surface area contributed by atoms with Gasteiger partial charge in [-0.3, -0.25) is 0 Å². The highest BCUT2D eigenvalue weighted by Crippen LogP contribution is 2.28. The second kappa shape index (κ2) is 1.90. The van der Waals surface area contributed by atoms with E-state index in [0.29, 0.717) is 5.76 Å². The zero-order chi connectivity index (χ0) is 6.91. The summed E-state index contributed by atoms with van der Waals surface area (Å²) in [6, 6.07) is 0. The Labute approximate surface area is 55.7 Å². The van der Waals surface area contributed by atoms with Gasteiger partial charge < -0.3 is 5.11 Å². The summed E-state index contributed by atoms with van der Waals surface area (Å²) in [5, 5.41) is 9.05. The Morgan fingerprint density at radius 3 is 2.56 bits per heavy atom. The van der Waals surface area contributed by atoms with Crippen molar-refractivity contribution in [3.8, 4) is 0 Å². The summed E-state index contributed by atoms with van der Waals surface area (Å²) in [5.74, 6) is 0.488. The predicted octanol–water partition coefficient (Wildman–Crippen LogP) is 2.41. The van der Waals surface area contributed by atoms with Gasteiger partial charge in [-0.2, -0.15) is 0 Å². The molecule has 1 N–H and O–H groups in total. The van der Waals surface area contributed by atoms with E-state index in [-0.39, 0.29) is 5.41 Å². The van der Waals surface area contributed by atoms with Crippen LogP contribution in [0.25, 0.3) is 0 Å². The van der Waals surface area contributed by atoms with Crippen molar-refractivity contribution in [1.29, 1.82) is 0 Å². The highest BCUT2D eigenvalue weighted by molar-refractivity contribution is 5.17. The van der Waals surface area contributed by atoms with Gasteiger partial charge in [0.2, 0.25) is 0 Å². The average molecular weight is 124 g/mol. The fourth-order valence-corrected chi connectivity index (χ4v) is 1.00. The molecule has 1 rings (SSSR count). The molecule has 50 valence electrons. The summed E-state index contributed by atoms with van der Waals surface area (Å²) in [7, 11) is 0. The fraction of sp³-hybridized carbons (Fsp3) is 0.500. The lowest BCUT2D eigenvalue weighted by atomic mass is 9.85. The van der Waals surface area contributed by atoms with Crippen LogP contribution in [-0.4, -0.2) is 5.11 Å². The van der Waals surface area contributed by atoms with Crippen LogP contribution in [0.15, 0.2) is 24.0 Å². The van der Waals surface area contributed by atoms with E-state index in [0.717, 1.165) is 6.42 Å². The van der Waals surface area contributed by atoms with Crippen molar-refractivity contribution in [2.45, 2.75) is 20.3 Å². The van der Waals surface area contributed by atoms with Crippen LogP contribution in [0.1, 0.15) is 20.3 Å². The summed E-state index contributed by atoms with van der Waals surface area (Å²) in [6.07, 6.45) is 6.51. The highest BCUT2D eigenvalue weighted by atomic mass is 16.3. The number of rotatable bonds is 0. The minimum atomic E-state index is 0.152. The van der Waals surface area contributed by atoms with E-state index in [1.54, 1.807) is 6.08 Å². The molecule has 0 bridgehead atoms. The Hall–Kier alpha value is -0.720. The summed E-state index contributed by atoms with van der Waals surface area (Å²) in [4.78, 5) is 0. The van der Waals surface area contributed by atoms with E-state index in [4.69, 9.17) is 5.11 Å². The van der Waals surface area contributed by atoms with E-state index in [2.05, 4.69) is 19.9 Å². The monoisotopic (exact) mass is 124 g/mol. The van der Waals surface area contributed by atoms with Crippen LogP contribution < -0.4 is 0 Å². The van der Waals surface area contributed by atoms with E-state index >= 15 is 0 Å². The van der Waals surface area contributed by atoms with Crippen molar-refractivity contribution >= 4 is 0 Å². The first-order chi connectivity index (χ1) is 4.10. The van der Waals surface area contributed by atoms with Crippen LogP contribution >= 0.6 is 0 Å². The molecule has 0 radical (unpaired) electrons. The van der Waals surface area contributed by atoms with Crippen molar-refractivity contribution in [2.24, 2.45) is 5.41 Å². The average Bonchev–Trinajstić information content (AvgIpc) is 1.60. The number of aliphatic hydroxyl groups is 1. The minimum absolute atomic E-state index is 0.152. The maximum absolute atomic E-state index is 9.05. The molecule has 0 saturated carbocycles. The van der Waals surface area contributed by atoms with Gasteiger partial charge in [0.05, 0.1) is 5.76 Å². The Bertz CT molecular complexity index is 163. The normalized spacial score (nSPS) is 23.6. The van der Waals surface area contributed by atoms with Crippen LogP contribution in [0.4, 0.5) is 0 Å². The first kappa shape index (κ1) is 6.40. The molecule has 0 saturated heterocycles. The van der Waals surface area contributed by atoms with Gasteiger partial charge in [0, 0.05) is 6.42 Å². The van der Waals surface area contributed by atoms with Gasteiger partial charge in [0.25, 0.3) is 0 Å². The largest absolute Gasteiger partial charge is 0.512 e. The van der Waals surface area contributed by atoms with Crippen molar-refractivity contribution in [3.05, 3.63) is 24.0 Å². The number of hydrogen-bond acceptors (Lipinski definition) is 1. The highest BCUT2D eigenvalue weighted by Gasteiger charge is 2.17. The maximum atomic E-state index is 9.05. The van der Waals surface area contributed by atoms with Gasteiger partial charge in [0.15, 0.2) is 0 Å². The Kier molecular flexibility index (Phi) is 1.35. The van der Waals surface area contributed by atoms with Crippen molar-refractivity contribution < 1.29 is 5.11 Å². The number of hydrogen-bond donors (Lipinski definition) is 1. The summed E-state index contributed by atoms with van der Waals surface area (Å²) in [5.41, 5.74) is 0.152. The molecule has 1 heteroatoms. The molecule has 9 heavy (non-hydrogen) atoms. The second-order valence-corrected chi connectivity index (χ2v) is 3.18. The van der Waals surface area contributed by atoms with Crippen LogP contribution in [0.3, 0.4) is 0 Å². The SMILES string of the molecule is CC1(C)C=CC=C(O)C1. The second-order valence-electron chi connectivity index (χ2n) is 3.18. The van der Waals surface area contributed by atoms with Crippen LogP contribution in [-0.2, 0) is 0 Å². The molecule has 1 aliphatic carbocycles. The number of allylic oxidation sites excluding steroid dienone is 4. The quantitative estimate of drug-likeness (QED) is 0.525. The molecule has 0 heterocycles. The third-order valence-corrected chi connectivity index (χ3v) is 1.47. The van der Waals surface area contributed by atoms with Crippen LogP contribution in [0.2, 0.25) is 0 Å². The predicted molar refractivity (Wildman–Crippen MR) is 38.2 cm³/mol. The molecule has 0 fully saturated rings. The Morgan fingerprint density at radius 1 is 1.56 bits per heavy atom. The van der Waals surface area contributed by atoms with Crippen LogP contribution in [0, 0.1) is 5.41 Å². The van der Waals surface area contributed by atoms with Gasteiger partial charge >= 0.3 is 0 Å². The Balaban J connectivity index is 2.73. The van der Waals surface area contributed by atoms with Crippen molar-refractivity contribution in [3.63, 3.8) is 0 Å². The summed E-state index contributed by atoms with van der Waals surface area (Å²) in [6.45, 7) is 4.21.